The fourth-order valence-electron chi connectivity index (χ4n) is 3.07. The maximum atomic E-state index is 2.42. The Hall–Kier alpha value is -0.520. The van der Waals surface area contributed by atoms with E-state index in [9.17, 15) is 0 Å². The van der Waals surface area contributed by atoms with Crippen molar-refractivity contribution in [2.45, 2.75) is 47.5 Å². The Bertz CT molecular complexity index is 313. The van der Waals surface area contributed by atoms with Crippen LogP contribution in [0.5, 0.6) is 0 Å². The minimum Gasteiger partial charge on any atom is -0.0839 e. The van der Waals surface area contributed by atoms with Gasteiger partial charge < -0.3 is 0 Å². The zero-order valence-corrected chi connectivity index (χ0v) is 10.1. The molecule has 14 heavy (non-hydrogen) atoms. The van der Waals surface area contributed by atoms with Gasteiger partial charge in [-0.15, -0.1) is 0 Å². The average molecular weight is 190 g/mol. The molecular formula is C14H22. The first-order valence-electron chi connectivity index (χ1n) is 5.79. The van der Waals surface area contributed by atoms with Crippen LogP contribution in [0.4, 0.5) is 0 Å². The Labute approximate surface area is 88.1 Å². The summed E-state index contributed by atoms with van der Waals surface area (Å²) in [6.07, 6.45) is 7.26. The maximum Gasteiger partial charge on any atom is -0.00473 e. The Morgan fingerprint density at radius 3 is 2.43 bits per heavy atom. The number of allylic oxidation sites excluding steroid dienone is 4. The van der Waals surface area contributed by atoms with Crippen LogP contribution in [-0.4, -0.2) is 0 Å². The molecular weight excluding hydrogens is 168 g/mol. The molecule has 0 amide bonds. The topological polar surface area (TPSA) is 0 Å². The second kappa shape index (κ2) is 2.74. The molecule has 0 nitrogen and oxygen atoms in total. The van der Waals surface area contributed by atoms with Gasteiger partial charge in [-0.1, -0.05) is 52.3 Å². The Kier molecular flexibility index (Phi) is 1.96. The molecule has 2 aliphatic carbocycles. The number of hydrogen-bond acceptors (Lipinski definition) is 0. The fourth-order valence-corrected chi connectivity index (χ4v) is 3.07. The normalized spacial score (nSPS) is 33.4. The van der Waals surface area contributed by atoms with Crippen molar-refractivity contribution in [3.63, 3.8) is 0 Å². The molecule has 0 heteroatoms. The van der Waals surface area contributed by atoms with Crippen molar-refractivity contribution in [2.24, 2.45) is 16.7 Å². The van der Waals surface area contributed by atoms with Crippen LogP contribution < -0.4 is 0 Å². The molecule has 0 fully saturated rings. The third-order valence-electron chi connectivity index (χ3n) is 5.10. The van der Waals surface area contributed by atoms with Gasteiger partial charge in [0.25, 0.3) is 0 Å². The molecule has 0 radical (unpaired) electrons. The van der Waals surface area contributed by atoms with E-state index < -0.39 is 0 Å². The summed E-state index contributed by atoms with van der Waals surface area (Å²) in [7, 11) is 0. The molecule has 1 unspecified atom stereocenters. The van der Waals surface area contributed by atoms with Gasteiger partial charge in [0.05, 0.1) is 0 Å². The first kappa shape index (κ1) is 10.0. The standard InChI is InChI=1S/C14H22/c1-10-11-8-6-7-9-12(11)14(4,5)13(10,2)3/h7,9-10H,6,8H2,1-5H3. The SMILES string of the molecule is CC1C2=C(C=CCC2)C(C)(C)C1(C)C. The van der Waals surface area contributed by atoms with E-state index in [1.807, 2.05) is 0 Å². The van der Waals surface area contributed by atoms with Gasteiger partial charge in [0, 0.05) is 0 Å². The highest BCUT2D eigenvalue weighted by Crippen LogP contribution is 2.60. The van der Waals surface area contributed by atoms with E-state index in [0.717, 1.165) is 5.92 Å². The van der Waals surface area contributed by atoms with Crippen LogP contribution >= 0.6 is 0 Å². The third kappa shape index (κ3) is 1.00. The first-order valence-corrected chi connectivity index (χ1v) is 5.79. The third-order valence-corrected chi connectivity index (χ3v) is 5.10. The van der Waals surface area contributed by atoms with Crippen molar-refractivity contribution in [1.82, 2.24) is 0 Å². The number of rotatable bonds is 0. The summed E-state index contributed by atoms with van der Waals surface area (Å²) in [6.45, 7) is 12.1. The van der Waals surface area contributed by atoms with Gasteiger partial charge in [-0.25, -0.2) is 0 Å². The lowest BCUT2D eigenvalue weighted by Gasteiger charge is -2.40. The van der Waals surface area contributed by atoms with Crippen molar-refractivity contribution < 1.29 is 0 Å². The van der Waals surface area contributed by atoms with Crippen molar-refractivity contribution in [1.29, 1.82) is 0 Å². The predicted octanol–water partition coefficient (Wildman–Crippen LogP) is 4.34. The van der Waals surface area contributed by atoms with Crippen LogP contribution in [0, 0.1) is 16.7 Å². The van der Waals surface area contributed by atoms with E-state index in [-0.39, 0.29) is 0 Å². The summed E-state index contributed by atoms with van der Waals surface area (Å²) in [6, 6.07) is 0. The largest absolute Gasteiger partial charge is 0.0839 e. The summed E-state index contributed by atoms with van der Waals surface area (Å²) < 4.78 is 0. The van der Waals surface area contributed by atoms with Gasteiger partial charge in [-0.3, -0.25) is 0 Å². The molecule has 0 N–H and O–H groups in total. The Morgan fingerprint density at radius 2 is 1.86 bits per heavy atom. The van der Waals surface area contributed by atoms with Crippen molar-refractivity contribution in [3.05, 3.63) is 23.3 Å². The second-order valence-electron chi connectivity index (χ2n) is 5.95. The average Bonchev–Trinajstić information content (AvgIpc) is 2.27. The minimum atomic E-state index is 0.346. The van der Waals surface area contributed by atoms with E-state index in [1.54, 1.807) is 11.1 Å². The molecule has 0 saturated carbocycles. The molecule has 2 rings (SSSR count). The van der Waals surface area contributed by atoms with Crippen LogP contribution in [0.15, 0.2) is 23.3 Å². The maximum absolute atomic E-state index is 2.42. The monoisotopic (exact) mass is 190 g/mol. The quantitative estimate of drug-likeness (QED) is 0.533. The Morgan fingerprint density at radius 1 is 1.21 bits per heavy atom. The van der Waals surface area contributed by atoms with Gasteiger partial charge >= 0.3 is 0 Å². The summed E-state index contributed by atoms with van der Waals surface area (Å²) in [5.41, 5.74) is 4.11. The zero-order valence-electron chi connectivity index (χ0n) is 10.1. The van der Waals surface area contributed by atoms with E-state index in [1.165, 1.54) is 12.8 Å². The highest BCUT2D eigenvalue weighted by Gasteiger charge is 2.50. The van der Waals surface area contributed by atoms with Gasteiger partial charge in [0.15, 0.2) is 0 Å². The molecule has 0 aliphatic heterocycles. The highest BCUT2D eigenvalue weighted by molar-refractivity contribution is 5.43. The van der Waals surface area contributed by atoms with Crippen LogP contribution in [0.2, 0.25) is 0 Å². The van der Waals surface area contributed by atoms with Crippen LogP contribution in [-0.2, 0) is 0 Å². The van der Waals surface area contributed by atoms with Crippen LogP contribution in [0.1, 0.15) is 47.5 Å². The fraction of sp³-hybridized carbons (Fsp3) is 0.714. The van der Waals surface area contributed by atoms with Gasteiger partial charge in [-0.05, 0) is 35.2 Å². The molecule has 0 aromatic heterocycles. The molecule has 0 aromatic rings. The lowest BCUT2D eigenvalue weighted by atomic mass is 9.64. The second-order valence-corrected chi connectivity index (χ2v) is 5.95. The first-order chi connectivity index (χ1) is 6.39. The highest BCUT2D eigenvalue weighted by atomic mass is 14.5. The molecule has 0 bridgehead atoms. The van der Waals surface area contributed by atoms with E-state index in [0.29, 0.717) is 10.8 Å². The van der Waals surface area contributed by atoms with Crippen molar-refractivity contribution in [2.75, 3.05) is 0 Å². The molecule has 0 spiro atoms. The number of hydrogen-bond donors (Lipinski definition) is 0. The summed E-state index contributed by atoms with van der Waals surface area (Å²) in [5, 5.41) is 0. The molecule has 1 atom stereocenters. The van der Waals surface area contributed by atoms with Crippen LogP contribution in [0.3, 0.4) is 0 Å². The molecule has 0 aromatic carbocycles. The van der Waals surface area contributed by atoms with Gasteiger partial charge in [-0.2, -0.15) is 0 Å². The molecule has 0 saturated heterocycles. The van der Waals surface area contributed by atoms with E-state index in [4.69, 9.17) is 0 Å². The molecule has 0 heterocycles. The zero-order chi connectivity index (χ0) is 10.6. The van der Waals surface area contributed by atoms with Crippen LogP contribution in [0.25, 0.3) is 0 Å². The van der Waals surface area contributed by atoms with E-state index in [2.05, 4.69) is 46.8 Å². The molecule has 78 valence electrons. The Balaban J connectivity index is 2.53. The van der Waals surface area contributed by atoms with Crippen molar-refractivity contribution >= 4 is 0 Å². The van der Waals surface area contributed by atoms with E-state index >= 15 is 0 Å². The van der Waals surface area contributed by atoms with Gasteiger partial charge in [0.1, 0.15) is 0 Å². The predicted molar refractivity (Wildman–Crippen MR) is 62.1 cm³/mol. The minimum absolute atomic E-state index is 0.346. The molecule has 2 aliphatic rings. The summed E-state index contributed by atoms with van der Waals surface area (Å²) in [5.74, 6) is 0.748. The van der Waals surface area contributed by atoms with Gasteiger partial charge in [0.2, 0.25) is 0 Å². The van der Waals surface area contributed by atoms with Crippen molar-refractivity contribution in [3.8, 4) is 0 Å². The lowest BCUT2D eigenvalue weighted by Crippen LogP contribution is -2.33. The lowest BCUT2D eigenvalue weighted by molar-refractivity contribution is 0.130. The smallest absolute Gasteiger partial charge is 0.00473 e. The summed E-state index contributed by atoms with van der Waals surface area (Å²) in [4.78, 5) is 0. The summed E-state index contributed by atoms with van der Waals surface area (Å²) >= 11 is 0.